The number of halogens is 1. The molecule has 5 aromatic rings. The summed E-state index contributed by atoms with van der Waals surface area (Å²) in [6, 6.07) is 10.6. The van der Waals surface area contributed by atoms with Crippen LogP contribution in [0.4, 0.5) is 10.2 Å². The van der Waals surface area contributed by atoms with E-state index in [1.807, 2.05) is 25.1 Å². The smallest absolute Gasteiger partial charge is 0.246 e. The van der Waals surface area contributed by atoms with Crippen LogP contribution in [0.5, 0.6) is 0 Å². The van der Waals surface area contributed by atoms with Crippen molar-refractivity contribution in [1.29, 1.82) is 0 Å². The van der Waals surface area contributed by atoms with E-state index in [1.165, 1.54) is 12.1 Å². The van der Waals surface area contributed by atoms with E-state index >= 15 is 0 Å². The molecule has 1 aliphatic heterocycles. The van der Waals surface area contributed by atoms with Gasteiger partial charge in [-0.2, -0.15) is 0 Å². The molecular weight excluding hydrogens is 445 g/mol. The Morgan fingerprint density at radius 1 is 1.06 bits per heavy atom. The molecule has 1 fully saturated rings. The minimum Gasteiger partial charge on any atom is -0.456 e. The summed E-state index contributed by atoms with van der Waals surface area (Å²) in [7, 11) is 0. The quantitative estimate of drug-likeness (QED) is 0.352. The van der Waals surface area contributed by atoms with Gasteiger partial charge in [0, 0.05) is 60.3 Å². The lowest BCUT2D eigenvalue weighted by atomic mass is 10.00. The minimum atomic E-state index is -0.329. The number of carbonyl (C=O) groups excluding carboxylic acids is 1. The van der Waals surface area contributed by atoms with E-state index in [0.717, 1.165) is 21.9 Å². The van der Waals surface area contributed by atoms with Gasteiger partial charge in [-0.15, -0.1) is 10.2 Å². The molecule has 6 rings (SSSR count). The fourth-order valence-corrected chi connectivity index (χ4v) is 4.83. The predicted octanol–water partition coefficient (Wildman–Crippen LogP) is 4.87. The van der Waals surface area contributed by atoms with Gasteiger partial charge >= 0.3 is 0 Å². The molecule has 7 nitrogen and oxygen atoms in total. The second kappa shape index (κ2) is 8.16. The Kier molecular flexibility index (Phi) is 4.95. The van der Waals surface area contributed by atoms with Gasteiger partial charge in [0.05, 0.1) is 5.39 Å². The lowest BCUT2D eigenvalue weighted by Gasteiger charge is -2.35. The number of hydrogen-bond acceptors (Lipinski definition) is 6. The number of amides is 1. The molecule has 8 heteroatoms. The SMILES string of the molecule is C=CC(=O)N1CCN(c2nnc(-c3cnccc3C)c3cc4c(cc23)oc2cccc(F)c24)CC1. The number of rotatable bonds is 3. The first-order valence-electron chi connectivity index (χ1n) is 11.4. The van der Waals surface area contributed by atoms with Crippen molar-refractivity contribution in [2.45, 2.75) is 6.92 Å². The average molecular weight is 468 g/mol. The third-order valence-electron chi connectivity index (χ3n) is 6.68. The Balaban J connectivity index is 1.58. The zero-order chi connectivity index (χ0) is 24.1. The molecule has 0 spiro atoms. The van der Waals surface area contributed by atoms with Crippen molar-refractivity contribution >= 4 is 44.4 Å². The van der Waals surface area contributed by atoms with Gasteiger partial charge in [0.1, 0.15) is 22.7 Å². The van der Waals surface area contributed by atoms with Crippen molar-refractivity contribution in [2.24, 2.45) is 0 Å². The lowest BCUT2D eigenvalue weighted by Crippen LogP contribution is -2.48. The Hall–Kier alpha value is -4.33. The number of nitrogens with zero attached hydrogens (tertiary/aromatic N) is 5. The number of pyridine rings is 1. The zero-order valence-electron chi connectivity index (χ0n) is 19.2. The summed E-state index contributed by atoms with van der Waals surface area (Å²) in [5.41, 5.74) is 3.64. The molecule has 0 unspecified atom stereocenters. The largest absolute Gasteiger partial charge is 0.456 e. The molecule has 2 aromatic carbocycles. The fourth-order valence-electron chi connectivity index (χ4n) is 4.83. The zero-order valence-corrected chi connectivity index (χ0v) is 19.2. The predicted molar refractivity (Wildman–Crippen MR) is 134 cm³/mol. The molecular formula is C27H22FN5O2. The first kappa shape index (κ1) is 21.2. The van der Waals surface area contributed by atoms with Crippen molar-refractivity contribution in [2.75, 3.05) is 31.1 Å². The topological polar surface area (TPSA) is 75.4 Å². The molecule has 1 aliphatic rings. The van der Waals surface area contributed by atoms with E-state index in [4.69, 9.17) is 4.42 Å². The van der Waals surface area contributed by atoms with Gasteiger partial charge in [-0.3, -0.25) is 9.78 Å². The number of aromatic nitrogens is 3. The molecule has 0 saturated carbocycles. The van der Waals surface area contributed by atoms with Crippen molar-refractivity contribution < 1.29 is 13.6 Å². The molecule has 0 radical (unpaired) electrons. The van der Waals surface area contributed by atoms with Crippen molar-refractivity contribution in [1.82, 2.24) is 20.1 Å². The monoisotopic (exact) mass is 467 g/mol. The highest BCUT2D eigenvalue weighted by Gasteiger charge is 2.25. The molecule has 0 bridgehead atoms. The maximum Gasteiger partial charge on any atom is 0.246 e. The van der Waals surface area contributed by atoms with Crippen LogP contribution in [0, 0.1) is 12.7 Å². The molecule has 3 aromatic heterocycles. The number of aryl methyl sites for hydroxylation is 1. The number of anilines is 1. The van der Waals surface area contributed by atoms with Crippen molar-refractivity contribution in [3.63, 3.8) is 0 Å². The number of piperazine rings is 1. The number of hydrogen-bond donors (Lipinski definition) is 0. The van der Waals surface area contributed by atoms with E-state index in [2.05, 4.69) is 26.7 Å². The minimum absolute atomic E-state index is 0.0750. The fraction of sp³-hybridized carbons (Fsp3) is 0.185. The van der Waals surface area contributed by atoms with Crippen LogP contribution < -0.4 is 4.90 Å². The molecule has 0 atom stereocenters. The Labute approximate surface area is 200 Å². The summed E-state index contributed by atoms with van der Waals surface area (Å²) >= 11 is 0. The van der Waals surface area contributed by atoms with Gasteiger partial charge in [-0.25, -0.2) is 4.39 Å². The van der Waals surface area contributed by atoms with Crippen LogP contribution in [-0.2, 0) is 4.79 Å². The molecule has 1 saturated heterocycles. The summed E-state index contributed by atoms with van der Waals surface area (Å²) in [6.07, 6.45) is 4.85. The normalized spacial score (nSPS) is 14.2. The van der Waals surface area contributed by atoms with E-state index in [1.54, 1.807) is 29.4 Å². The van der Waals surface area contributed by atoms with Gasteiger partial charge in [0.15, 0.2) is 5.82 Å². The number of benzene rings is 2. The first-order chi connectivity index (χ1) is 17.0. The van der Waals surface area contributed by atoms with Crippen LogP contribution >= 0.6 is 0 Å². The second-order valence-corrected chi connectivity index (χ2v) is 8.69. The Morgan fingerprint density at radius 3 is 2.66 bits per heavy atom. The third kappa shape index (κ3) is 3.41. The van der Waals surface area contributed by atoms with E-state index in [-0.39, 0.29) is 11.7 Å². The summed E-state index contributed by atoms with van der Waals surface area (Å²) in [5.74, 6) is 0.304. The van der Waals surface area contributed by atoms with Gasteiger partial charge in [-0.05, 0) is 48.9 Å². The summed E-state index contributed by atoms with van der Waals surface area (Å²) < 4.78 is 20.8. The summed E-state index contributed by atoms with van der Waals surface area (Å²) in [6.45, 7) is 7.94. The molecule has 0 aliphatic carbocycles. The highest BCUT2D eigenvalue weighted by atomic mass is 19.1. The molecule has 1 amide bonds. The van der Waals surface area contributed by atoms with Crippen molar-refractivity contribution in [3.8, 4) is 11.3 Å². The first-order valence-corrected chi connectivity index (χ1v) is 11.4. The Bertz CT molecular complexity index is 1640. The number of furan rings is 1. The van der Waals surface area contributed by atoms with Crippen molar-refractivity contribution in [3.05, 3.63) is 72.8 Å². The maximum atomic E-state index is 14.8. The highest BCUT2D eigenvalue weighted by Crippen LogP contribution is 2.39. The molecule has 35 heavy (non-hydrogen) atoms. The van der Waals surface area contributed by atoms with Crippen LogP contribution in [0.2, 0.25) is 0 Å². The third-order valence-corrected chi connectivity index (χ3v) is 6.68. The molecule has 174 valence electrons. The molecule has 0 N–H and O–H groups in total. The van der Waals surface area contributed by atoms with E-state index in [9.17, 15) is 9.18 Å². The van der Waals surface area contributed by atoms with Crippen LogP contribution in [0.1, 0.15) is 5.56 Å². The second-order valence-electron chi connectivity index (χ2n) is 8.69. The average Bonchev–Trinajstić information content (AvgIpc) is 3.25. The van der Waals surface area contributed by atoms with E-state index < -0.39 is 0 Å². The van der Waals surface area contributed by atoms with E-state index in [0.29, 0.717) is 59.6 Å². The van der Waals surface area contributed by atoms with Crippen LogP contribution in [0.25, 0.3) is 44.0 Å². The maximum absolute atomic E-state index is 14.8. The van der Waals surface area contributed by atoms with Crippen LogP contribution in [-0.4, -0.2) is 52.2 Å². The standard InChI is InChI=1S/C27H22FN5O2/c1-3-24(34)32-9-11-33(12-10-32)27-18-14-23-19(25-21(28)5-4-6-22(25)35-23)13-17(18)26(30-31-27)20-15-29-8-7-16(20)2/h3-8,13-15H,1,9-12H2,2H3. The summed E-state index contributed by atoms with van der Waals surface area (Å²) in [4.78, 5) is 20.2. The number of carbonyl (C=O) groups is 1. The summed E-state index contributed by atoms with van der Waals surface area (Å²) in [5, 5.41) is 12.1. The van der Waals surface area contributed by atoms with Crippen LogP contribution in [0.3, 0.4) is 0 Å². The highest BCUT2D eigenvalue weighted by molar-refractivity contribution is 6.14. The Morgan fingerprint density at radius 2 is 1.89 bits per heavy atom. The number of fused-ring (bicyclic) bond motifs is 4. The van der Waals surface area contributed by atoms with Gasteiger partial charge < -0.3 is 14.2 Å². The molecule has 4 heterocycles. The van der Waals surface area contributed by atoms with Gasteiger partial charge in [-0.1, -0.05) is 12.6 Å². The van der Waals surface area contributed by atoms with Gasteiger partial charge in [0.2, 0.25) is 5.91 Å². The lowest BCUT2D eigenvalue weighted by molar-refractivity contribution is -0.126. The van der Waals surface area contributed by atoms with Crippen LogP contribution in [0.15, 0.2) is 65.9 Å². The van der Waals surface area contributed by atoms with Gasteiger partial charge in [0.25, 0.3) is 0 Å².